The second-order valence-corrected chi connectivity index (χ2v) is 19.3. The van der Waals surface area contributed by atoms with Crippen molar-refractivity contribution >= 4 is 27.3 Å². The van der Waals surface area contributed by atoms with Crippen LogP contribution in [-0.4, -0.2) is 58.4 Å². The molecule has 1 fully saturated rings. The SMILES string of the molecule is NCc1ccc(C(=O)NCCOCC#CCc2cn([C@H]3CC[C@@H](COP(OO)(OOO)(P(=O)=O)P(=O)=O)O3)c(=O)[nH]c2=O)cc1. The van der Waals surface area contributed by atoms with Crippen molar-refractivity contribution in [3.63, 3.8) is 0 Å². The van der Waals surface area contributed by atoms with Crippen molar-refractivity contribution < 1.29 is 62.0 Å². The van der Waals surface area contributed by atoms with Crippen molar-refractivity contribution in [2.45, 2.75) is 38.1 Å². The standard InChI is InChI=1S/C23H29N4O15P3/c24-13-16-4-6-17(7-5-16)21(28)25-10-12-37-11-2-1-3-18-14-27(23(30)26-22(18)29)20-9-8-19(39-20)15-38-45(41-32,42-40-31,43(33)34)44(35)36/h4-7,14,19-20,31-32H,3,8-13,15,24H2,(H,25,28)(H,26,29,30)/t19-,20+/m0/s1. The minimum Gasteiger partial charge on any atom is -0.0570 e. The molecule has 22 heteroatoms. The van der Waals surface area contributed by atoms with E-state index in [0.29, 0.717) is 12.1 Å². The summed E-state index contributed by atoms with van der Waals surface area (Å²) < 4.78 is 71.3. The van der Waals surface area contributed by atoms with Crippen molar-refractivity contribution in [3.05, 3.63) is 68.0 Å². The number of nitrogens with zero attached hydrogens (tertiary/aromatic N) is 1. The molecule has 19 nitrogen and oxygen atoms in total. The first-order valence-corrected chi connectivity index (χ1v) is 18.7. The zero-order chi connectivity index (χ0) is 33.1. The molecule has 3 rings (SSSR count). The Morgan fingerprint density at radius 3 is 2.47 bits per heavy atom. The fraction of sp³-hybridized carbons (Fsp3) is 0.435. The Labute approximate surface area is 254 Å². The Morgan fingerprint density at radius 2 is 1.84 bits per heavy atom. The van der Waals surface area contributed by atoms with Gasteiger partial charge in [0.25, 0.3) is 5.91 Å². The number of hydrogen-bond donors (Lipinski definition) is 5. The van der Waals surface area contributed by atoms with Gasteiger partial charge in [-0.2, -0.15) is 0 Å². The summed E-state index contributed by atoms with van der Waals surface area (Å²) in [7, 11) is -8.70. The third-order valence-electron chi connectivity index (χ3n) is 6.33. The Morgan fingerprint density at radius 1 is 1.13 bits per heavy atom. The van der Waals surface area contributed by atoms with Crippen LogP contribution in [0.5, 0.6) is 0 Å². The Bertz CT molecular complexity index is 1640. The van der Waals surface area contributed by atoms with Crippen LogP contribution < -0.4 is 22.3 Å². The number of carbonyl (C=O) groups excluding carboxylic acids is 1. The molecular formula is C23H29N4O15P3. The van der Waals surface area contributed by atoms with E-state index in [0.717, 1.165) is 10.1 Å². The number of H-pyrrole nitrogens is 1. The van der Waals surface area contributed by atoms with Gasteiger partial charge >= 0.3 is 173 Å². The topological polar surface area (TPSA) is 274 Å². The van der Waals surface area contributed by atoms with Crippen LogP contribution in [0, 0.1) is 11.8 Å². The summed E-state index contributed by atoms with van der Waals surface area (Å²) in [5, 5.41) is 23.5. The quantitative estimate of drug-likeness (QED) is 0.0553. The van der Waals surface area contributed by atoms with Crippen LogP contribution in [0.2, 0.25) is 0 Å². The number of carbonyl (C=O) groups is 1. The molecule has 0 spiro atoms. The van der Waals surface area contributed by atoms with Gasteiger partial charge in [-0.25, -0.2) is 0 Å². The number of ether oxygens (including phenoxy) is 2. The average molecular weight is 694 g/mol. The van der Waals surface area contributed by atoms with Gasteiger partial charge in [0.1, 0.15) is 0 Å². The van der Waals surface area contributed by atoms with E-state index in [2.05, 4.69) is 36.5 Å². The first kappa shape index (κ1) is 36.3. The van der Waals surface area contributed by atoms with E-state index in [1.54, 1.807) is 24.3 Å². The zero-order valence-corrected chi connectivity index (χ0v) is 25.9. The number of nitrogens with two attached hydrogens (primary N) is 1. The molecule has 2 heterocycles. The van der Waals surface area contributed by atoms with Gasteiger partial charge in [0, 0.05) is 18.7 Å². The minimum absolute atomic E-state index is 0.00351. The number of aromatic nitrogens is 2. The van der Waals surface area contributed by atoms with E-state index < -0.39 is 51.6 Å². The molecule has 2 atom stereocenters. The Kier molecular flexibility index (Phi) is 13.2. The summed E-state index contributed by atoms with van der Waals surface area (Å²) in [6, 6.07) is 6.86. The molecule has 0 bridgehead atoms. The number of hydrogen-bond acceptors (Lipinski definition) is 16. The zero-order valence-electron chi connectivity index (χ0n) is 23.3. The first-order valence-electron chi connectivity index (χ1n) is 12.9. The summed E-state index contributed by atoms with van der Waals surface area (Å²) in [5.74, 6) is 5.19. The third kappa shape index (κ3) is 8.54. The van der Waals surface area contributed by atoms with Gasteiger partial charge in [-0.3, -0.25) is 4.79 Å². The van der Waals surface area contributed by atoms with Crippen LogP contribution in [0.4, 0.5) is 0 Å². The molecule has 6 N–H and O–H groups in total. The van der Waals surface area contributed by atoms with E-state index in [4.69, 9.17) is 30.2 Å². The van der Waals surface area contributed by atoms with Crippen LogP contribution in [0.1, 0.15) is 40.6 Å². The Balaban J connectivity index is 1.53. The van der Waals surface area contributed by atoms with Crippen LogP contribution in [0.25, 0.3) is 0 Å². The van der Waals surface area contributed by atoms with Crippen LogP contribution in [0.15, 0.2) is 40.1 Å². The predicted octanol–water partition coefficient (Wildman–Crippen LogP) is 2.07. The van der Waals surface area contributed by atoms with Gasteiger partial charge < -0.3 is 15.8 Å². The van der Waals surface area contributed by atoms with Gasteiger partial charge in [-0.1, -0.05) is 12.1 Å². The molecule has 0 saturated carbocycles. The molecule has 1 aliphatic heterocycles. The minimum atomic E-state index is -6.47. The van der Waals surface area contributed by atoms with Crippen molar-refractivity contribution in [1.82, 2.24) is 14.9 Å². The van der Waals surface area contributed by atoms with E-state index in [-0.39, 0.29) is 50.5 Å². The molecule has 1 aliphatic rings. The van der Waals surface area contributed by atoms with Crippen molar-refractivity contribution in [1.29, 1.82) is 0 Å². The number of benzene rings is 1. The molecule has 45 heavy (non-hydrogen) atoms. The number of amides is 1. The molecule has 1 aromatic heterocycles. The van der Waals surface area contributed by atoms with Crippen molar-refractivity contribution in [3.8, 4) is 11.8 Å². The fourth-order valence-corrected chi connectivity index (χ4v) is 8.39. The monoisotopic (exact) mass is 694 g/mol. The van der Waals surface area contributed by atoms with Gasteiger partial charge in [0.15, 0.2) is 0 Å². The number of rotatable bonds is 16. The van der Waals surface area contributed by atoms with Gasteiger partial charge in [-0.15, -0.1) is 0 Å². The second-order valence-electron chi connectivity index (χ2n) is 9.16. The average Bonchev–Trinajstić information content (AvgIpc) is 3.50. The van der Waals surface area contributed by atoms with E-state index >= 15 is 0 Å². The summed E-state index contributed by atoms with van der Waals surface area (Å²) in [6.07, 6.45) is -0.670. The summed E-state index contributed by atoms with van der Waals surface area (Å²) in [5.41, 5.74) is 5.51. The Hall–Kier alpha value is -3.20. The molecule has 2 aromatic rings. The molecule has 1 saturated heterocycles. The molecule has 0 unspecified atom stereocenters. The van der Waals surface area contributed by atoms with Gasteiger partial charge in [-0.05, 0) is 17.7 Å². The van der Waals surface area contributed by atoms with E-state index in [1.165, 1.54) is 6.20 Å². The maximum atomic E-state index is 12.4. The maximum absolute atomic E-state index is 12.4. The summed E-state index contributed by atoms with van der Waals surface area (Å²) in [6.45, 7) is -6.53. The van der Waals surface area contributed by atoms with Gasteiger partial charge in [0.2, 0.25) is 0 Å². The number of nitrogens with one attached hydrogen (secondary N) is 2. The first-order chi connectivity index (χ1) is 21.5. The maximum Gasteiger partial charge on any atom is -0.0491 e. The fourth-order valence-electron chi connectivity index (χ4n) is 3.94. The second kappa shape index (κ2) is 16.4. The molecule has 0 radical (unpaired) electrons. The van der Waals surface area contributed by atoms with E-state index in [1.807, 2.05) is 0 Å². The number of aromatic amines is 1. The molecule has 1 aromatic carbocycles. The molecule has 1 amide bonds. The third-order valence-corrected chi connectivity index (χ3v) is 16.0. The van der Waals surface area contributed by atoms with E-state index in [9.17, 15) is 32.6 Å². The largest absolute Gasteiger partial charge is 0.0570 e. The molecule has 0 aliphatic carbocycles. The summed E-state index contributed by atoms with van der Waals surface area (Å²) in [4.78, 5) is 39.0. The molecule has 246 valence electrons. The normalized spacial score (nSPS) is 17.1. The van der Waals surface area contributed by atoms with Crippen LogP contribution >= 0.6 is 21.4 Å². The van der Waals surface area contributed by atoms with Crippen LogP contribution in [-0.2, 0) is 59.6 Å². The summed E-state index contributed by atoms with van der Waals surface area (Å²) >= 11 is 0. The smallest absolute Gasteiger partial charge is 0.0491 e. The van der Waals surface area contributed by atoms with Crippen molar-refractivity contribution in [2.75, 3.05) is 26.4 Å². The molecular weight excluding hydrogens is 665 g/mol. The van der Waals surface area contributed by atoms with Gasteiger partial charge in [0.05, 0.1) is 6.61 Å². The predicted molar refractivity (Wildman–Crippen MR) is 151 cm³/mol. The van der Waals surface area contributed by atoms with Crippen LogP contribution in [0.3, 0.4) is 0 Å². The van der Waals surface area contributed by atoms with Crippen molar-refractivity contribution in [2.24, 2.45) is 5.73 Å².